The Kier molecular flexibility index (Phi) is 5.69. The molecule has 0 amide bonds. The molecule has 0 fully saturated rings. The molecule has 0 saturated heterocycles. The van der Waals surface area contributed by atoms with Crippen molar-refractivity contribution >= 4 is 15.7 Å². The van der Waals surface area contributed by atoms with Gasteiger partial charge in [0, 0.05) is 24.1 Å². The monoisotopic (exact) mass is 410 g/mol. The SMILES string of the molecule is CCCNC1CCc2cc(NS(=O)(=O)c3ccc(-n4cccn4)cc3)ccc2C1. The van der Waals surface area contributed by atoms with Crippen molar-refractivity contribution in [2.24, 2.45) is 0 Å². The molecule has 1 heterocycles. The van der Waals surface area contributed by atoms with Gasteiger partial charge in [-0.05, 0) is 85.8 Å². The second-order valence-corrected chi connectivity index (χ2v) is 9.11. The van der Waals surface area contributed by atoms with Gasteiger partial charge in [-0.1, -0.05) is 13.0 Å². The number of hydrogen-bond acceptors (Lipinski definition) is 4. The van der Waals surface area contributed by atoms with Crippen LogP contribution in [-0.2, 0) is 22.9 Å². The molecule has 152 valence electrons. The molecule has 1 aromatic heterocycles. The molecule has 0 saturated carbocycles. The fraction of sp³-hybridized carbons (Fsp3) is 0.318. The number of hydrogen-bond donors (Lipinski definition) is 2. The summed E-state index contributed by atoms with van der Waals surface area (Å²) in [5.74, 6) is 0. The molecule has 2 N–H and O–H groups in total. The summed E-state index contributed by atoms with van der Waals surface area (Å²) < 4.78 is 30.0. The Bertz CT molecular complexity index is 1060. The lowest BCUT2D eigenvalue weighted by atomic mass is 9.88. The molecule has 0 spiro atoms. The first-order valence-corrected chi connectivity index (χ1v) is 11.5. The summed E-state index contributed by atoms with van der Waals surface area (Å²) in [7, 11) is -3.64. The third-order valence-electron chi connectivity index (χ3n) is 5.29. The first-order chi connectivity index (χ1) is 14.0. The molecule has 1 atom stereocenters. The van der Waals surface area contributed by atoms with Crippen molar-refractivity contribution in [2.45, 2.75) is 43.5 Å². The van der Waals surface area contributed by atoms with Gasteiger partial charge in [0.2, 0.25) is 0 Å². The van der Waals surface area contributed by atoms with Crippen LogP contribution in [0.1, 0.15) is 30.9 Å². The number of nitrogens with zero attached hydrogens (tertiary/aromatic N) is 2. The van der Waals surface area contributed by atoms with E-state index in [2.05, 4.69) is 22.1 Å². The summed E-state index contributed by atoms with van der Waals surface area (Å²) in [6.45, 7) is 3.21. The molecule has 1 aliphatic rings. The van der Waals surface area contributed by atoms with Crippen LogP contribution in [0.3, 0.4) is 0 Å². The summed E-state index contributed by atoms with van der Waals surface area (Å²) in [5.41, 5.74) is 3.96. The zero-order valence-corrected chi connectivity index (χ0v) is 17.3. The number of benzene rings is 2. The van der Waals surface area contributed by atoms with E-state index in [4.69, 9.17) is 0 Å². The maximum atomic E-state index is 12.8. The van der Waals surface area contributed by atoms with Gasteiger partial charge in [0.1, 0.15) is 0 Å². The fourth-order valence-corrected chi connectivity index (χ4v) is 4.80. The number of nitrogens with one attached hydrogen (secondary N) is 2. The zero-order valence-electron chi connectivity index (χ0n) is 16.5. The molecular formula is C22H26N4O2S. The van der Waals surface area contributed by atoms with Crippen LogP contribution in [-0.4, -0.2) is 30.8 Å². The molecule has 2 aromatic carbocycles. The maximum Gasteiger partial charge on any atom is 0.261 e. The minimum atomic E-state index is -3.64. The van der Waals surface area contributed by atoms with Gasteiger partial charge >= 0.3 is 0 Å². The molecule has 1 aliphatic carbocycles. The lowest BCUT2D eigenvalue weighted by molar-refractivity contribution is 0.459. The van der Waals surface area contributed by atoms with E-state index in [1.54, 1.807) is 35.1 Å². The van der Waals surface area contributed by atoms with Gasteiger partial charge in [0.15, 0.2) is 0 Å². The first-order valence-electron chi connectivity index (χ1n) is 10.0. The number of rotatable bonds is 7. The Hall–Kier alpha value is -2.64. The third kappa shape index (κ3) is 4.52. The van der Waals surface area contributed by atoms with Crippen LogP contribution in [0.25, 0.3) is 5.69 Å². The highest BCUT2D eigenvalue weighted by Crippen LogP contribution is 2.26. The standard InChI is InChI=1S/C22H26N4O2S/c1-2-12-23-19-6-4-18-16-20(7-5-17(18)15-19)25-29(27,28)22-10-8-21(9-11-22)26-14-3-13-24-26/h3,5,7-11,13-14,16,19,23,25H,2,4,6,12,15H2,1H3. The van der Waals surface area contributed by atoms with Crippen LogP contribution in [0.2, 0.25) is 0 Å². The van der Waals surface area contributed by atoms with E-state index in [1.165, 1.54) is 11.1 Å². The second kappa shape index (κ2) is 8.39. The largest absolute Gasteiger partial charge is 0.314 e. The Morgan fingerprint density at radius 3 is 2.69 bits per heavy atom. The smallest absolute Gasteiger partial charge is 0.261 e. The molecule has 6 nitrogen and oxygen atoms in total. The minimum absolute atomic E-state index is 0.231. The Morgan fingerprint density at radius 2 is 1.97 bits per heavy atom. The highest BCUT2D eigenvalue weighted by atomic mass is 32.2. The summed E-state index contributed by atoms with van der Waals surface area (Å²) in [6.07, 6.45) is 7.68. The van der Waals surface area contributed by atoms with Crippen molar-refractivity contribution in [1.82, 2.24) is 15.1 Å². The maximum absolute atomic E-state index is 12.8. The number of aryl methyl sites for hydroxylation is 1. The summed E-state index contributed by atoms with van der Waals surface area (Å²) in [6, 6.07) is 14.9. The van der Waals surface area contributed by atoms with Crippen LogP contribution in [0.15, 0.2) is 65.8 Å². The number of sulfonamides is 1. The quantitative estimate of drug-likeness (QED) is 0.625. The predicted octanol–water partition coefficient (Wildman–Crippen LogP) is 3.53. The van der Waals surface area contributed by atoms with E-state index in [9.17, 15) is 8.42 Å². The summed E-state index contributed by atoms with van der Waals surface area (Å²) in [4.78, 5) is 0.231. The van der Waals surface area contributed by atoms with Gasteiger partial charge in [0.25, 0.3) is 10.0 Å². The molecular weight excluding hydrogens is 384 g/mol. The molecule has 3 aromatic rings. The van der Waals surface area contributed by atoms with Crippen molar-refractivity contribution in [1.29, 1.82) is 0 Å². The van der Waals surface area contributed by atoms with Crippen LogP contribution in [0.5, 0.6) is 0 Å². The normalized spacial score (nSPS) is 16.4. The second-order valence-electron chi connectivity index (χ2n) is 7.43. The molecule has 29 heavy (non-hydrogen) atoms. The highest BCUT2D eigenvalue weighted by Gasteiger charge is 2.20. The van der Waals surface area contributed by atoms with Crippen molar-refractivity contribution < 1.29 is 8.42 Å². The molecule has 7 heteroatoms. The topological polar surface area (TPSA) is 76.0 Å². The highest BCUT2D eigenvalue weighted by molar-refractivity contribution is 7.92. The molecule has 4 rings (SSSR count). The average molecular weight is 411 g/mol. The van der Waals surface area contributed by atoms with E-state index < -0.39 is 10.0 Å². The summed E-state index contributed by atoms with van der Waals surface area (Å²) in [5, 5.41) is 7.74. The lowest BCUT2D eigenvalue weighted by Gasteiger charge is -2.26. The van der Waals surface area contributed by atoms with Gasteiger partial charge in [-0.25, -0.2) is 13.1 Å². The fourth-order valence-electron chi connectivity index (χ4n) is 3.75. The van der Waals surface area contributed by atoms with Crippen molar-refractivity contribution in [3.05, 3.63) is 72.1 Å². The van der Waals surface area contributed by atoms with Crippen LogP contribution in [0, 0.1) is 0 Å². The Balaban J connectivity index is 1.47. The van der Waals surface area contributed by atoms with E-state index in [1.807, 2.05) is 30.5 Å². The molecule has 0 bridgehead atoms. The number of fused-ring (bicyclic) bond motifs is 1. The van der Waals surface area contributed by atoms with E-state index in [0.29, 0.717) is 11.7 Å². The average Bonchev–Trinajstić information content (AvgIpc) is 3.27. The number of anilines is 1. The lowest BCUT2D eigenvalue weighted by Crippen LogP contribution is -2.35. The van der Waals surface area contributed by atoms with Crippen LogP contribution < -0.4 is 10.0 Å². The first kappa shape index (κ1) is 19.7. The van der Waals surface area contributed by atoms with Gasteiger partial charge in [0.05, 0.1) is 10.6 Å². The van der Waals surface area contributed by atoms with E-state index in [-0.39, 0.29) is 4.90 Å². The predicted molar refractivity (Wildman–Crippen MR) is 115 cm³/mol. The van der Waals surface area contributed by atoms with Crippen molar-refractivity contribution in [2.75, 3.05) is 11.3 Å². The number of aromatic nitrogens is 2. The van der Waals surface area contributed by atoms with Crippen molar-refractivity contribution in [3.8, 4) is 5.69 Å². The van der Waals surface area contributed by atoms with E-state index >= 15 is 0 Å². The van der Waals surface area contributed by atoms with E-state index in [0.717, 1.165) is 37.9 Å². The zero-order chi connectivity index (χ0) is 20.3. The third-order valence-corrected chi connectivity index (χ3v) is 6.68. The van der Waals surface area contributed by atoms with Gasteiger partial charge < -0.3 is 5.32 Å². The van der Waals surface area contributed by atoms with Crippen molar-refractivity contribution in [3.63, 3.8) is 0 Å². The molecule has 1 unspecified atom stereocenters. The van der Waals surface area contributed by atoms with Crippen LogP contribution >= 0.6 is 0 Å². The Morgan fingerprint density at radius 1 is 1.14 bits per heavy atom. The molecule has 0 aliphatic heterocycles. The minimum Gasteiger partial charge on any atom is -0.314 e. The Labute approximate surface area is 172 Å². The van der Waals surface area contributed by atoms with Gasteiger partial charge in [-0.2, -0.15) is 5.10 Å². The van der Waals surface area contributed by atoms with Crippen LogP contribution in [0.4, 0.5) is 5.69 Å². The molecule has 0 radical (unpaired) electrons. The van der Waals surface area contributed by atoms with Gasteiger partial charge in [-0.3, -0.25) is 4.72 Å². The summed E-state index contributed by atoms with van der Waals surface area (Å²) >= 11 is 0. The van der Waals surface area contributed by atoms with Gasteiger partial charge in [-0.15, -0.1) is 0 Å².